The van der Waals surface area contributed by atoms with E-state index in [-0.39, 0.29) is 24.3 Å². The molecule has 111 heavy (non-hydrogen) atoms. The second kappa shape index (κ2) is 40.0. The molecule has 6 aliphatic rings. The summed E-state index contributed by atoms with van der Waals surface area (Å²) in [5, 5.41) is 103. The third-order valence-electron chi connectivity index (χ3n) is 20.7. The number of rotatable bonds is 25. The predicted octanol–water partition coefficient (Wildman–Crippen LogP) is -0.134. The Bertz CT molecular complexity index is 3690. The molecule has 0 spiro atoms. The quantitative estimate of drug-likeness (QED) is 0.0298. The van der Waals surface area contributed by atoms with E-state index in [2.05, 4.69) is 78.7 Å². The average Bonchev–Trinajstić information content (AvgIpc) is 1.70. The van der Waals surface area contributed by atoms with Crippen molar-refractivity contribution < 1.29 is 121 Å². The number of benzene rings is 3. The van der Waals surface area contributed by atoms with E-state index in [9.17, 15) is 88.1 Å². The number of amides is 8. The number of piperidine rings is 1. The normalized spacial score (nSPS) is 25.5. The summed E-state index contributed by atoms with van der Waals surface area (Å²) >= 11 is -4.92. The van der Waals surface area contributed by atoms with Crippen LogP contribution in [-0.2, 0) is 49.4 Å². The Balaban J connectivity index is 0.977. The first-order valence-corrected chi connectivity index (χ1v) is 38.7. The molecule has 0 radical (unpaired) electrons. The van der Waals surface area contributed by atoms with Gasteiger partial charge in [-0.3, -0.25) is 47.2 Å². The molecule has 37 heteroatoms. The molecule has 36 nitrogen and oxygen atoms in total. The molecule has 5 aliphatic heterocycles. The van der Waals surface area contributed by atoms with Gasteiger partial charge in [0.1, 0.15) is 49.5 Å². The van der Waals surface area contributed by atoms with Gasteiger partial charge in [0.2, 0.25) is 35.4 Å². The number of nitrogens with one attached hydrogen (secondary N) is 5. The molecule has 5 saturated heterocycles. The van der Waals surface area contributed by atoms with Crippen molar-refractivity contribution in [2.45, 2.75) is 176 Å². The predicted molar refractivity (Wildman–Crippen MR) is 401 cm³/mol. The van der Waals surface area contributed by atoms with Crippen molar-refractivity contribution in [3.63, 3.8) is 0 Å². The number of carbonyl (C=O) groups excluding carboxylic acids is 9. The summed E-state index contributed by atoms with van der Waals surface area (Å²) in [5.41, 5.74) is 2.93. The van der Waals surface area contributed by atoms with Crippen LogP contribution in [0.4, 0.5) is 26.7 Å². The molecule has 9 rings (SSSR count). The monoisotopic (exact) mass is 1580 g/mol. The Morgan fingerprint density at radius 2 is 1.22 bits per heavy atom. The minimum absolute atomic E-state index is 0.0447. The van der Waals surface area contributed by atoms with Crippen molar-refractivity contribution in [1.82, 2.24) is 41.3 Å². The first-order valence-electron chi connectivity index (χ1n) is 37.3. The fourth-order valence-electron chi connectivity index (χ4n) is 14.7. The standard InChI is InChI=1S/C74H105N11O25S/c1-5-32-106-73(101)83(50(41-86)42-87)27-24-57(91)63-72(100)85-39-43(3)65(93)64(85)70(98)75-38-51(89)36-55(76-66(94)46-13-15-47(16-14-46)81-28-30-82(31-29-81)49-19-17-48(18-20-49)80-25-22-54(23-26-80)108-53-10-8-7-9-11-53)67(95)77-61(44(4)88)71(99)84-40-52(90)37-56(84)68(96)78-62(69(97)79-63)58(92)34-45-12-21-59(109-74(102)107-33-6-2)60(35-45)110-111(103,104)105/h5-6,12-21,35,43-44,50-58,61-65,86-93,103-105H,1-2,7-11,22-34,36-42H2,3-4H3,(H,75,98)(H,76,94)(H,77,95)(H,78,96)(H,79,97)/t43-,44+,51+,52+,55?,56-,57+,58+,61-,62-,63-,64-,65-/m0/s1. The van der Waals surface area contributed by atoms with Gasteiger partial charge >= 0.3 is 12.2 Å². The second-order valence-electron chi connectivity index (χ2n) is 28.8. The van der Waals surface area contributed by atoms with E-state index in [0.717, 1.165) is 90.0 Å². The maximum atomic E-state index is 15.4. The number of carbonyl (C=O) groups is 9. The number of aliphatic hydroxyl groups excluding tert-OH is 8. The van der Waals surface area contributed by atoms with E-state index in [1.54, 1.807) is 12.1 Å². The molecule has 1 saturated carbocycles. The number of anilines is 3. The van der Waals surface area contributed by atoms with Crippen LogP contribution in [-0.4, -0.2) is 306 Å². The molecule has 8 amide bonds. The topological polar surface area (TPSA) is 502 Å². The molecule has 3 aromatic carbocycles. The van der Waals surface area contributed by atoms with E-state index in [1.807, 2.05) is 0 Å². The first-order chi connectivity index (χ1) is 53.0. The highest BCUT2D eigenvalue weighted by Crippen LogP contribution is 2.42. The van der Waals surface area contributed by atoms with E-state index in [4.69, 9.17) is 23.1 Å². The maximum absolute atomic E-state index is 15.4. The van der Waals surface area contributed by atoms with E-state index < -0.39 is 226 Å². The zero-order valence-electron chi connectivity index (χ0n) is 62.1. The van der Waals surface area contributed by atoms with Gasteiger partial charge < -0.3 is 120 Å². The van der Waals surface area contributed by atoms with Crippen LogP contribution in [0.15, 0.2) is 92.0 Å². The van der Waals surface area contributed by atoms with Crippen molar-refractivity contribution in [2.24, 2.45) is 5.92 Å². The number of β-amino-alcohol motifs (C(OH)–C–C–N with tert-alkyl or cyclic N) is 1. The highest BCUT2D eigenvalue weighted by molar-refractivity contribution is 8.15. The molecule has 1 aliphatic carbocycles. The third kappa shape index (κ3) is 23.1. The molecular weight excluding hydrogens is 1470 g/mol. The van der Waals surface area contributed by atoms with E-state index >= 15 is 9.59 Å². The van der Waals surface area contributed by atoms with Crippen molar-refractivity contribution >= 4 is 81.8 Å². The Hall–Kier alpha value is -8.96. The van der Waals surface area contributed by atoms with Gasteiger partial charge in [0.05, 0.1) is 68.1 Å². The summed E-state index contributed by atoms with van der Waals surface area (Å²) in [6.45, 7) is 8.98. The number of hydrogen-bond donors (Lipinski definition) is 16. The Labute approximate surface area is 644 Å². The van der Waals surface area contributed by atoms with Crippen molar-refractivity contribution in [1.29, 1.82) is 0 Å². The lowest BCUT2D eigenvalue weighted by Gasteiger charge is -2.38. The van der Waals surface area contributed by atoms with Crippen molar-refractivity contribution in [2.75, 3.05) is 107 Å². The molecule has 6 fully saturated rings. The molecule has 0 aromatic heterocycles. The molecule has 3 aromatic rings. The van der Waals surface area contributed by atoms with Crippen LogP contribution in [0.25, 0.3) is 0 Å². The lowest BCUT2D eigenvalue weighted by molar-refractivity contribution is -0.147. The lowest BCUT2D eigenvalue weighted by atomic mass is 9.97. The van der Waals surface area contributed by atoms with Gasteiger partial charge in [0.15, 0.2) is 11.5 Å². The molecular formula is C74H105N11O25S. The number of aliphatic hydroxyl groups is 8. The third-order valence-corrected chi connectivity index (χ3v) is 21.1. The van der Waals surface area contributed by atoms with Crippen LogP contribution in [0.2, 0.25) is 0 Å². The fourth-order valence-corrected chi connectivity index (χ4v) is 15.1. The number of piperazine rings is 1. The maximum Gasteiger partial charge on any atom is 0.514 e. The van der Waals surface area contributed by atoms with Gasteiger partial charge in [-0.1, -0.05) is 57.6 Å². The Morgan fingerprint density at radius 1 is 0.649 bits per heavy atom. The molecule has 612 valence electrons. The first kappa shape index (κ1) is 86.0. The summed E-state index contributed by atoms with van der Waals surface area (Å²) in [6, 6.07) is 4.48. The van der Waals surface area contributed by atoms with Crippen LogP contribution in [0.5, 0.6) is 11.5 Å². The summed E-state index contributed by atoms with van der Waals surface area (Å²) in [7, 11) is 0. The van der Waals surface area contributed by atoms with Crippen molar-refractivity contribution in [3.8, 4) is 11.5 Å². The second-order valence-corrected chi connectivity index (χ2v) is 29.9. The van der Waals surface area contributed by atoms with E-state index in [1.165, 1.54) is 56.2 Å². The smallest absolute Gasteiger partial charge is 0.445 e. The van der Waals surface area contributed by atoms with Crippen molar-refractivity contribution in [3.05, 3.63) is 103 Å². The van der Waals surface area contributed by atoms with Gasteiger partial charge in [0, 0.05) is 113 Å². The summed E-state index contributed by atoms with van der Waals surface area (Å²) in [6.07, 6.45) is -5.56. The number of nitrogens with zero attached hydrogens (tertiary/aromatic N) is 6. The zero-order chi connectivity index (χ0) is 80.4. The molecule has 0 bridgehead atoms. The molecule has 5 heterocycles. The van der Waals surface area contributed by atoms with Crippen LogP contribution in [0.1, 0.15) is 94.0 Å². The average molecular weight is 1580 g/mol. The highest BCUT2D eigenvalue weighted by atomic mass is 32.3. The minimum atomic E-state index is -4.92. The van der Waals surface area contributed by atoms with Crippen LogP contribution >= 0.6 is 11.2 Å². The van der Waals surface area contributed by atoms with Gasteiger partial charge in [-0.15, -0.1) is 0 Å². The molecule has 1 unspecified atom stereocenters. The van der Waals surface area contributed by atoms with Gasteiger partial charge in [-0.25, -0.2) is 9.59 Å². The summed E-state index contributed by atoms with van der Waals surface area (Å²) in [4.78, 5) is 139. The fraction of sp³-hybridized carbons (Fsp3) is 0.581. The Morgan fingerprint density at radius 3 is 1.81 bits per heavy atom. The van der Waals surface area contributed by atoms with Gasteiger partial charge in [-0.05, 0) is 105 Å². The minimum Gasteiger partial charge on any atom is -0.445 e. The number of fused-ring (bicyclic) bond motifs is 2. The largest absolute Gasteiger partial charge is 0.514 e. The van der Waals surface area contributed by atoms with Crippen LogP contribution in [0, 0.1) is 5.92 Å². The Kier molecular flexibility index (Phi) is 31.0. The SMILES string of the molecule is C=CCOC(=O)Oc1ccc(C[C@@H](O)[C@@H]2NC(=O)[C@@H]3C[C@@H](O)CN3C(=O)[C@H]([C@@H](C)O)NC(=O)C(NC(=O)c3ccc(N4CCN(c5ccc(N6CCC(OC7CCCCC7)CC6)cc5)CC4)cc3)C[C@@H](O)CNC(=O)[C@@H]3[C@@H](O)[C@@H](C)CN3C(=O)[C@H]([C@H](O)CCN(C(=O)OCC=C)C(CO)CO)NC2=O)cc1OS(O)(O)O. The van der Waals surface area contributed by atoms with Crippen LogP contribution < -0.4 is 50.2 Å². The number of ether oxygens (including phenoxy) is 4. The summed E-state index contributed by atoms with van der Waals surface area (Å²) in [5.74, 6) is -10.9. The van der Waals surface area contributed by atoms with Gasteiger partial charge in [0.25, 0.3) is 17.1 Å². The lowest BCUT2D eigenvalue weighted by Crippen LogP contribution is -2.64. The zero-order valence-corrected chi connectivity index (χ0v) is 62.9. The summed E-state index contributed by atoms with van der Waals surface area (Å²) < 4.78 is 56.2. The molecule has 16 N–H and O–H groups in total. The highest BCUT2D eigenvalue weighted by Gasteiger charge is 2.50. The molecule has 13 atom stereocenters. The van der Waals surface area contributed by atoms with Gasteiger partial charge in [-0.2, -0.15) is 0 Å². The van der Waals surface area contributed by atoms with Crippen LogP contribution in [0.3, 0.4) is 0 Å². The number of hydrogen-bond acceptors (Lipinski definition) is 28. The van der Waals surface area contributed by atoms with E-state index in [0.29, 0.717) is 38.4 Å².